The maximum atomic E-state index is 11.9. The fraction of sp³-hybridized carbons (Fsp3) is 0.296. The molecule has 36 heavy (non-hydrogen) atoms. The van der Waals surface area contributed by atoms with Crippen molar-refractivity contribution >= 4 is 34.1 Å². The van der Waals surface area contributed by atoms with Gasteiger partial charge in [0.2, 0.25) is 5.95 Å². The van der Waals surface area contributed by atoms with Crippen molar-refractivity contribution < 1.29 is 4.79 Å². The van der Waals surface area contributed by atoms with E-state index in [4.69, 9.17) is 5.73 Å². The highest BCUT2D eigenvalue weighted by atomic mass is 16.1. The molecule has 9 nitrogen and oxygen atoms in total. The molecule has 0 atom stereocenters. The minimum atomic E-state index is -0.467. The Bertz CT molecular complexity index is 1340. The lowest BCUT2D eigenvalue weighted by atomic mass is 10.2. The van der Waals surface area contributed by atoms with E-state index in [1.54, 1.807) is 18.5 Å². The van der Waals surface area contributed by atoms with Gasteiger partial charge in [-0.1, -0.05) is 18.2 Å². The predicted octanol–water partition coefficient (Wildman–Crippen LogP) is 2.95. The molecule has 1 fully saturated rings. The van der Waals surface area contributed by atoms with Gasteiger partial charge in [0.15, 0.2) is 0 Å². The predicted molar refractivity (Wildman–Crippen MR) is 144 cm³/mol. The Morgan fingerprint density at radius 2 is 1.81 bits per heavy atom. The Balaban J connectivity index is 1.26. The molecule has 0 bridgehead atoms. The number of primary amides is 1. The Kier molecular flexibility index (Phi) is 6.84. The second kappa shape index (κ2) is 10.3. The third kappa shape index (κ3) is 5.17. The maximum absolute atomic E-state index is 11.9. The van der Waals surface area contributed by atoms with Crippen LogP contribution < -0.4 is 16.0 Å². The highest BCUT2D eigenvalue weighted by molar-refractivity contribution is 6.06. The monoisotopic (exact) mass is 484 g/mol. The third-order valence-electron chi connectivity index (χ3n) is 6.78. The molecule has 4 aromatic rings. The summed E-state index contributed by atoms with van der Waals surface area (Å²) in [4.78, 5) is 28.2. The number of likely N-dealkylation sites (N-methyl/N-ethyl adjacent to an activating group) is 2. The van der Waals surface area contributed by atoms with E-state index in [2.05, 4.69) is 56.2 Å². The number of aromatic nitrogens is 3. The number of piperazine rings is 1. The Morgan fingerprint density at radius 1 is 1.06 bits per heavy atom. The molecule has 2 aromatic heterocycles. The van der Waals surface area contributed by atoms with E-state index >= 15 is 0 Å². The van der Waals surface area contributed by atoms with Crippen molar-refractivity contribution in [1.29, 1.82) is 0 Å². The SMILES string of the molecule is CN1CCN(CCN(C)c2ccc(Nc3nccc(-n4cc(C(N)=O)c5ccccc54)n3)cc2)CC1. The summed E-state index contributed by atoms with van der Waals surface area (Å²) >= 11 is 0. The average Bonchev–Trinajstić information content (AvgIpc) is 3.29. The largest absolute Gasteiger partial charge is 0.373 e. The fourth-order valence-electron chi connectivity index (χ4n) is 4.53. The molecule has 9 heteroatoms. The molecule has 3 N–H and O–H groups in total. The minimum Gasteiger partial charge on any atom is -0.373 e. The van der Waals surface area contributed by atoms with Crippen molar-refractivity contribution in [2.24, 2.45) is 5.73 Å². The second-order valence-electron chi connectivity index (χ2n) is 9.27. The Hall–Kier alpha value is -3.95. The van der Waals surface area contributed by atoms with E-state index < -0.39 is 5.91 Å². The number of nitrogens with zero attached hydrogens (tertiary/aromatic N) is 6. The summed E-state index contributed by atoms with van der Waals surface area (Å²) in [5.41, 5.74) is 8.99. The number of hydrogen-bond donors (Lipinski definition) is 2. The molecule has 1 aliphatic rings. The van der Waals surface area contributed by atoms with Crippen LogP contribution >= 0.6 is 0 Å². The molecule has 1 amide bonds. The van der Waals surface area contributed by atoms with Crippen LogP contribution in [0.4, 0.5) is 17.3 Å². The second-order valence-corrected chi connectivity index (χ2v) is 9.27. The highest BCUT2D eigenvalue weighted by Crippen LogP contribution is 2.25. The van der Waals surface area contributed by atoms with Crippen LogP contribution in [-0.4, -0.2) is 83.6 Å². The maximum Gasteiger partial charge on any atom is 0.250 e. The topological polar surface area (TPSA) is 95.5 Å². The molecule has 1 saturated heterocycles. The summed E-state index contributed by atoms with van der Waals surface area (Å²) in [5, 5.41) is 4.08. The van der Waals surface area contributed by atoms with Gasteiger partial charge in [0.1, 0.15) is 5.82 Å². The number of carbonyl (C=O) groups excluding carboxylic acids is 1. The van der Waals surface area contributed by atoms with Gasteiger partial charge < -0.3 is 25.4 Å². The lowest BCUT2D eigenvalue weighted by Gasteiger charge is -2.33. The van der Waals surface area contributed by atoms with E-state index in [0.717, 1.165) is 55.9 Å². The Labute approximate surface area is 211 Å². The molecule has 0 radical (unpaired) electrons. The number of anilines is 3. The number of rotatable bonds is 8. The van der Waals surface area contributed by atoms with Gasteiger partial charge in [-0.15, -0.1) is 0 Å². The first-order valence-electron chi connectivity index (χ1n) is 12.2. The number of nitrogens with two attached hydrogens (primary N) is 1. The number of para-hydroxylation sites is 1. The van der Waals surface area contributed by atoms with Gasteiger partial charge in [0, 0.05) is 75.5 Å². The zero-order valence-corrected chi connectivity index (χ0v) is 20.8. The van der Waals surface area contributed by atoms with Crippen LogP contribution in [0.25, 0.3) is 16.7 Å². The van der Waals surface area contributed by atoms with Gasteiger partial charge in [-0.05, 0) is 43.4 Å². The molecule has 0 unspecified atom stereocenters. The van der Waals surface area contributed by atoms with Gasteiger partial charge >= 0.3 is 0 Å². The van der Waals surface area contributed by atoms with Gasteiger partial charge in [-0.3, -0.25) is 9.69 Å². The van der Waals surface area contributed by atoms with Crippen molar-refractivity contribution in [3.63, 3.8) is 0 Å². The van der Waals surface area contributed by atoms with Crippen molar-refractivity contribution in [3.05, 3.63) is 72.6 Å². The molecule has 3 heterocycles. The van der Waals surface area contributed by atoms with Crippen molar-refractivity contribution in [3.8, 4) is 5.82 Å². The number of fused-ring (bicyclic) bond motifs is 1. The molecule has 1 aliphatic heterocycles. The van der Waals surface area contributed by atoms with Crippen LogP contribution in [0.5, 0.6) is 0 Å². The van der Waals surface area contributed by atoms with Crippen molar-refractivity contribution in [2.75, 3.05) is 63.6 Å². The molecule has 0 aliphatic carbocycles. The molecule has 0 saturated carbocycles. The zero-order valence-electron chi connectivity index (χ0n) is 20.8. The zero-order chi connectivity index (χ0) is 25.1. The first-order valence-corrected chi connectivity index (χ1v) is 12.2. The molecule has 2 aromatic carbocycles. The quantitative estimate of drug-likeness (QED) is 0.397. The first kappa shape index (κ1) is 23.8. The van der Waals surface area contributed by atoms with Crippen LogP contribution in [0.3, 0.4) is 0 Å². The summed E-state index contributed by atoms with van der Waals surface area (Å²) < 4.78 is 1.86. The van der Waals surface area contributed by atoms with Crippen LogP contribution in [0.1, 0.15) is 10.4 Å². The lowest BCUT2D eigenvalue weighted by Crippen LogP contribution is -2.46. The van der Waals surface area contributed by atoms with Gasteiger partial charge in [0.25, 0.3) is 5.91 Å². The van der Waals surface area contributed by atoms with E-state index in [1.165, 1.54) is 5.69 Å². The van der Waals surface area contributed by atoms with Crippen LogP contribution in [-0.2, 0) is 0 Å². The van der Waals surface area contributed by atoms with Crippen LogP contribution in [0.15, 0.2) is 67.0 Å². The average molecular weight is 485 g/mol. The van der Waals surface area contributed by atoms with E-state index in [-0.39, 0.29) is 0 Å². The Morgan fingerprint density at radius 3 is 2.56 bits per heavy atom. The van der Waals surface area contributed by atoms with Crippen molar-refractivity contribution in [2.45, 2.75) is 0 Å². The smallest absolute Gasteiger partial charge is 0.250 e. The van der Waals surface area contributed by atoms with E-state index in [9.17, 15) is 4.79 Å². The van der Waals surface area contributed by atoms with Gasteiger partial charge in [-0.2, -0.15) is 4.98 Å². The molecular formula is C27H32N8O. The fourth-order valence-corrected chi connectivity index (χ4v) is 4.53. The summed E-state index contributed by atoms with van der Waals surface area (Å²) in [5.74, 6) is 0.657. The number of carbonyl (C=O) groups is 1. The molecular weight excluding hydrogens is 452 g/mol. The van der Waals surface area contributed by atoms with Crippen molar-refractivity contribution in [1.82, 2.24) is 24.3 Å². The minimum absolute atomic E-state index is 0.464. The standard InChI is InChI=1S/C27H32N8O/c1-32-13-16-34(17-14-32)18-15-33(2)21-9-7-20(8-10-21)30-27-29-12-11-25(31-27)35-19-23(26(28)36)22-5-3-4-6-24(22)35/h3-12,19H,13-18H2,1-2H3,(H2,28,36)(H,29,30,31). The number of nitrogens with one attached hydrogen (secondary N) is 1. The number of benzene rings is 2. The summed E-state index contributed by atoms with van der Waals surface area (Å²) in [6.07, 6.45) is 3.43. The van der Waals surface area contributed by atoms with Crippen LogP contribution in [0, 0.1) is 0 Å². The van der Waals surface area contributed by atoms with E-state index in [1.807, 2.05) is 41.0 Å². The normalized spacial score (nSPS) is 14.7. The summed E-state index contributed by atoms with van der Waals surface area (Å²) in [7, 11) is 4.31. The first-order chi connectivity index (χ1) is 17.5. The molecule has 5 rings (SSSR count). The van der Waals surface area contributed by atoms with Gasteiger partial charge in [0.05, 0.1) is 11.1 Å². The van der Waals surface area contributed by atoms with Gasteiger partial charge in [-0.25, -0.2) is 4.98 Å². The number of amides is 1. The van der Waals surface area contributed by atoms with Crippen LogP contribution in [0.2, 0.25) is 0 Å². The van der Waals surface area contributed by atoms with E-state index in [0.29, 0.717) is 17.3 Å². The highest BCUT2D eigenvalue weighted by Gasteiger charge is 2.15. The third-order valence-corrected chi connectivity index (χ3v) is 6.78. The number of hydrogen-bond acceptors (Lipinski definition) is 7. The molecule has 186 valence electrons. The lowest BCUT2D eigenvalue weighted by molar-refractivity contribution is 0.100. The summed E-state index contributed by atoms with van der Waals surface area (Å²) in [6, 6.07) is 17.7. The molecule has 0 spiro atoms. The summed E-state index contributed by atoms with van der Waals surface area (Å²) in [6.45, 7) is 6.60.